The Kier molecular flexibility index (Phi) is 6.29. The number of esters is 1. The fourth-order valence-electron chi connectivity index (χ4n) is 4.47. The molecule has 1 atom stereocenters. The van der Waals surface area contributed by atoms with Gasteiger partial charge in [-0.2, -0.15) is 0 Å². The van der Waals surface area contributed by atoms with Crippen LogP contribution in [0.2, 0.25) is 0 Å². The van der Waals surface area contributed by atoms with Crippen molar-refractivity contribution < 1.29 is 22.7 Å². The average molecular weight is 473 g/mol. The molecular formula is C23H28N4O5S. The molecule has 1 aromatic carbocycles. The minimum Gasteiger partial charge on any atom is -0.462 e. The number of pyridine rings is 1. The van der Waals surface area contributed by atoms with E-state index in [9.17, 15) is 18.0 Å². The van der Waals surface area contributed by atoms with E-state index in [1.807, 2.05) is 13.0 Å². The normalized spacial score (nSPS) is 18.3. The molecule has 176 valence electrons. The lowest BCUT2D eigenvalue weighted by atomic mass is 10.1. The minimum atomic E-state index is -3.36. The molecule has 0 radical (unpaired) electrons. The van der Waals surface area contributed by atoms with Gasteiger partial charge in [0.2, 0.25) is 10.0 Å². The summed E-state index contributed by atoms with van der Waals surface area (Å²) in [5, 5.41) is 0. The van der Waals surface area contributed by atoms with Crippen LogP contribution >= 0.6 is 0 Å². The first-order chi connectivity index (χ1) is 15.7. The number of carbonyl (C=O) groups is 2. The molecule has 0 aliphatic carbocycles. The van der Waals surface area contributed by atoms with Crippen LogP contribution in [0.4, 0.5) is 11.5 Å². The number of aromatic nitrogens is 1. The summed E-state index contributed by atoms with van der Waals surface area (Å²) in [6, 6.07) is 8.59. The number of sulfonamides is 1. The Balaban J connectivity index is 1.40. The topological polar surface area (TPSA) is 100 Å². The van der Waals surface area contributed by atoms with E-state index in [1.165, 1.54) is 16.8 Å². The van der Waals surface area contributed by atoms with Crippen LogP contribution in [0.15, 0.2) is 36.5 Å². The number of rotatable bonds is 5. The monoisotopic (exact) mass is 472 g/mol. The van der Waals surface area contributed by atoms with Gasteiger partial charge in [0.1, 0.15) is 5.82 Å². The number of carbonyl (C=O) groups excluding carboxylic acids is 2. The van der Waals surface area contributed by atoms with Crippen molar-refractivity contribution >= 4 is 33.4 Å². The predicted octanol–water partition coefficient (Wildman–Crippen LogP) is 1.93. The van der Waals surface area contributed by atoms with Crippen LogP contribution < -0.4 is 9.21 Å². The Labute approximate surface area is 194 Å². The first kappa shape index (κ1) is 23.0. The van der Waals surface area contributed by atoms with Crippen molar-refractivity contribution in [3.8, 4) is 0 Å². The molecular weight excluding hydrogens is 444 g/mol. The van der Waals surface area contributed by atoms with Crippen LogP contribution in [-0.4, -0.2) is 75.3 Å². The number of anilines is 2. The molecule has 33 heavy (non-hydrogen) atoms. The lowest BCUT2D eigenvalue weighted by molar-refractivity contribution is 0.0525. The SMILES string of the molecule is CCOC(=O)c1ccc(N2CCN(C(=O)c3ccc4c(c3)CC(C)N4S(C)(=O)=O)CC2)nc1. The van der Waals surface area contributed by atoms with E-state index >= 15 is 0 Å². The Bertz CT molecular complexity index is 1160. The zero-order valence-corrected chi connectivity index (χ0v) is 19.8. The molecule has 2 aromatic rings. The molecule has 1 fully saturated rings. The molecule has 0 bridgehead atoms. The van der Waals surface area contributed by atoms with Gasteiger partial charge in [-0.05, 0) is 56.2 Å². The fraction of sp³-hybridized carbons (Fsp3) is 0.435. The van der Waals surface area contributed by atoms with Gasteiger partial charge in [-0.3, -0.25) is 9.10 Å². The molecule has 0 spiro atoms. The van der Waals surface area contributed by atoms with Crippen molar-refractivity contribution in [3.63, 3.8) is 0 Å². The van der Waals surface area contributed by atoms with E-state index in [4.69, 9.17) is 4.74 Å². The number of piperazine rings is 1. The zero-order chi connectivity index (χ0) is 23.8. The molecule has 3 heterocycles. The summed E-state index contributed by atoms with van der Waals surface area (Å²) in [6.45, 7) is 6.29. The Morgan fingerprint density at radius 1 is 1.09 bits per heavy atom. The van der Waals surface area contributed by atoms with E-state index in [-0.39, 0.29) is 11.9 Å². The first-order valence-electron chi connectivity index (χ1n) is 11.0. The van der Waals surface area contributed by atoms with Crippen LogP contribution in [0.3, 0.4) is 0 Å². The van der Waals surface area contributed by atoms with Crippen LogP contribution in [0.5, 0.6) is 0 Å². The van der Waals surface area contributed by atoms with Crippen molar-refractivity contribution in [1.82, 2.24) is 9.88 Å². The average Bonchev–Trinajstić information content (AvgIpc) is 3.14. The van der Waals surface area contributed by atoms with Gasteiger partial charge in [-0.15, -0.1) is 0 Å². The first-order valence-corrected chi connectivity index (χ1v) is 12.8. The largest absolute Gasteiger partial charge is 0.462 e. The molecule has 2 aliphatic rings. The predicted molar refractivity (Wildman–Crippen MR) is 125 cm³/mol. The van der Waals surface area contributed by atoms with E-state index in [2.05, 4.69) is 9.88 Å². The van der Waals surface area contributed by atoms with E-state index < -0.39 is 16.0 Å². The van der Waals surface area contributed by atoms with Gasteiger partial charge in [0, 0.05) is 44.0 Å². The third-order valence-corrected chi connectivity index (χ3v) is 7.26. The molecule has 1 aromatic heterocycles. The highest BCUT2D eigenvalue weighted by Gasteiger charge is 2.33. The maximum atomic E-state index is 13.1. The van der Waals surface area contributed by atoms with E-state index in [0.29, 0.717) is 56.0 Å². The number of nitrogens with zero attached hydrogens (tertiary/aromatic N) is 4. The van der Waals surface area contributed by atoms with Crippen LogP contribution in [0.25, 0.3) is 0 Å². The number of hydrogen-bond donors (Lipinski definition) is 0. The fourth-order valence-corrected chi connectivity index (χ4v) is 5.73. The molecule has 1 amide bonds. The minimum absolute atomic E-state index is 0.0615. The van der Waals surface area contributed by atoms with E-state index in [0.717, 1.165) is 11.4 Å². The number of amides is 1. The smallest absolute Gasteiger partial charge is 0.339 e. The summed E-state index contributed by atoms with van der Waals surface area (Å²) in [6.07, 6.45) is 3.30. The quantitative estimate of drug-likeness (QED) is 0.613. The highest BCUT2D eigenvalue weighted by Crippen LogP contribution is 2.35. The van der Waals surface area contributed by atoms with Crippen molar-refractivity contribution in [2.24, 2.45) is 0 Å². The van der Waals surface area contributed by atoms with Gasteiger partial charge in [-0.1, -0.05) is 0 Å². The molecule has 1 unspecified atom stereocenters. The van der Waals surface area contributed by atoms with Crippen molar-refractivity contribution in [1.29, 1.82) is 0 Å². The third kappa shape index (κ3) is 4.66. The molecule has 9 nitrogen and oxygen atoms in total. The third-order valence-electron chi connectivity index (χ3n) is 5.99. The highest BCUT2D eigenvalue weighted by atomic mass is 32.2. The van der Waals surface area contributed by atoms with Gasteiger partial charge in [0.25, 0.3) is 5.91 Å². The summed E-state index contributed by atoms with van der Waals surface area (Å²) < 4.78 is 30.6. The maximum absolute atomic E-state index is 13.1. The van der Waals surface area contributed by atoms with Gasteiger partial charge in [0.15, 0.2) is 0 Å². The standard InChI is InChI=1S/C23H28N4O5S/c1-4-32-23(29)18-6-8-21(24-15-18)25-9-11-26(12-10-25)22(28)17-5-7-20-19(14-17)13-16(2)27(20)33(3,30)31/h5-8,14-16H,4,9-13H2,1-3H3. The summed E-state index contributed by atoms with van der Waals surface area (Å²) in [5.41, 5.74) is 2.52. The van der Waals surface area contributed by atoms with Crippen molar-refractivity contribution in [3.05, 3.63) is 53.2 Å². The number of hydrogen-bond acceptors (Lipinski definition) is 7. The Hall–Kier alpha value is -3.14. The highest BCUT2D eigenvalue weighted by molar-refractivity contribution is 7.92. The lowest BCUT2D eigenvalue weighted by Gasteiger charge is -2.35. The second-order valence-electron chi connectivity index (χ2n) is 8.36. The van der Waals surface area contributed by atoms with Crippen molar-refractivity contribution in [2.75, 3.05) is 48.2 Å². The van der Waals surface area contributed by atoms with Gasteiger partial charge in [-0.25, -0.2) is 18.2 Å². The van der Waals surface area contributed by atoms with Gasteiger partial charge < -0.3 is 14.5 Å². The summed E-state index contributed by atoms with van der Waals surface area (Å²) in [7, 11) is -3.36. The summed E-state index contributed by atoms with van der Waals surface area (Å²) in [5.74, 6) is 0.298. The molecule has 0 N–H and O–H groups in total. The number of benzene rings is 1. The molecule has 2 aliphatic heterocycles. The van der Waals surface area contributed by atoms with Crippen LogP contribution in [0, 0.1) is 0 Å². The molecule has 4 rings (SSSR count). The molecule has 10 heteroatoms. The molecule has 1 saturated heterocycles. The zero-order valence-electron chi connectivity index (χ0n) is 19.0. The summed E-state index contributed by atoms with van der Waals surface area (Å²) in [4.78, 5) is 33.1. The second-order valence-corrected chi connectivity index (χ2v) is 10.2. The van der Waals surface area contributed by atoms with Crippen molar-refractivity contribution in [2.45, 2.75) is 26.3 Å². The van der Waals surface area contributed by atoms with Gasteiger partial charge >= 0.3 is 5.97 Å². The second kappa shape index (κ2) is 9.01. The number of ether oxygens (including phenoxy) is 1. The van der Waals surface area contributed by atoms with Gasteiger partial charge in [0.05, 0.1) is 24.1 Å². The van der Waals surface area contributed by atoms with E-state index in [1.54, 1.807) is 36.1 Å². The lowest BCUT2D eigenvalue weighted by Crippen LogP contribution is -2.49. The summed E-state index contributed by atoms with van der Waals surface area (Å²) >= 11 is 0. The molecule has 0 saturated carbocycles. The Morgan fingerprint density at radius 2 is 1.79 bits per heavy atom. The Morgan fingerprint density at radius 3 is 2.39 bits per heavy atom. The number of fused-ring (bicyclic) bond motifs is 1. The van der Waals surface area contributed by atoms with Crippen LogP contribution in [0.1, 0.15) is 40.1 Å². The maximum Gasteiger partial charge on any atom is 0.339 e. The van der Waals surface area contributed by atoms with Crippen LogP contribution in [-0.2, 0) is 21.2 Å².